The number of rotatable bonds is 5. The number of anilines is 2. The smallest absolute Gasteiger partial charge is 0.225 e. The molecule has 31 heavy (non-hydrogen) atoms. The molecule has 1 N–H and O–H groups in total. The van der Waals surface area contributed by atoms with Crippen LogP contribution < -0.4 is 19.9 Å². The number of furan rings is 1. The van der Waals surface area contributed by atoms with Crippen molar-refractivity contribution in [3.8, 4) is 5.75 Å². The quantitative estimate of drug-likeness (QED) is 0.679. The Kier molecular flexibility index (Phi) is 5.19. The highest BCUT2D eigenvalue weighted by Crippen LogP contribution is 2.38. The maximum atomic E-state index is 13.3. The van der Waals surface area contributed by atoms with Crippen LogP contribution in [0.5, 0.6) is 5.75 Å². The highest BCUT2D eigenvalue weighted by atomic mass is 16.5. The fourth-order valence-corrected chi connectivity index (χ4v) is 4.59. The van der Waals surface area contributed by atoms with Crippen molar-refractivity contribution >= 4 is 17.4 Å². The Balaban J connectivity index is 1.43. The molecule has 2 unspecified atom stereocenters. The zero-order valence-electron chi connectivity index (χ0n) is 17.4. The third-order valence-electron chi connectivity index (χ3n) is 6.15. The Morgan fingerprint density at radius 3 is 3.00 bits per heavy atom. The van der Waals surface area contributed by atoms with Crippen LogP contribution in [0.3, 0.4) is 0 Å². The maximum absolute atomic E-state index is 13.3. The molecule has 1 amide bonds. The molecule has 8 heteroatoms. The van der Waals surface area contributed by atoms with Crippen LogP contribution in [0.2, 0.25) is 0 Å². The zero-order valence-corrected chi connectivity index (χ0v) is 17.4. The van der Waals surface area contributed by atoms with Gasteiger partial charge < -0.3 is 24.3 Å². The first-order valence-electron chi connectivity index (χ1n) is 10.5. The van der Waals surface area contributed by atoms with Crippen molar-refractivity contribution in [2.45, 2.75) is 19.0 Å². The summed E-state index contributed by atoms with van der Waals surface area (Å²) in [5.41, 5.74) is 2.32. The average molecular weight is 419 g/mol. The predicted octanol–water partition coefficient (Wildman–Crippen LogP) is 2.26. The summed E-state index contributed by atoms with van der Waals surface area (Å²) in [5.74, 6) is 2.27. The topological polar surface area (TPSA) is 83.7 Å². The molecule has 0 radical (unpaired) electrons. The number of ether oxygens (including phenoxy) is 1. The van der Waals surface area contributed by atoms with Crippen LogP contribution >= 0.6 is 0 Å². The second kappa shape index (κ2) is 8.29. The number of hydrogen-bond acceptors (Lipinski definition) is 7. The third kappa shape index (κ3) is 3.81. The van der Waals surface area contributed by atoms with Gasteiger partial charge in [-0.25, -0.2) is 4.98 Å². The largest absolute Gasteiger partial charge is 0.497 e. The molecule has 2 aromatic heterocycles. The highest BCUT2D eigenvalue weighted by Gasteiger charge is 2.42. The van der Waals surface area contributed by atoms with Gasteiger partial charge in [0.25, 0.3) is 0 Å². The lowest BCUT2D eigenvalue weighted by Gasteiger charge is -2.49. The number of hydrogen-bond donors (Lipinski definition) is 1. The standard InChI is InChI=1S/C23H25N5O3/c1-30-17-5-4-16-11-19(23(29)26-13-18-3-2-10-31-18)21-15-27(22-14-24-6-7-25-22)8-9-28(21)20(16)12-17/h2-7,10,12,14,19,21H,8-9,11,13,15H2,1H3,(H,26,29). The number of benzene rings is 1. The lowest BCUT2D eigenvalue weighted by Crippen LogP contribution is -2.61. The minimum atomic E-state index is -0.185. The van der Waals surface area contributed by atoms with Crippen molar-refractivity contribution in [1.29, 1.82) is 0 Å². The van der Waals surface area contributed by atoms with Crippen LogP contribution in [-0.2, 0) is 17.8 Å². The van der Waals surface area contributed by atoms with Crippen LogP contribution in [0.4, 0.5) is 11.5 Å². The molecule has 2 aliphatic rings. The normalized spacial score (nSPS) is 20.0. The van der Waals surface area contributed by atoms with Crippen LogP contribution in [0.1, 0.15) is 11.3 Å². The van der Waals surface area contributed by atoms with E-state index in [-0.39, 0.29) is 17.9 Å². The Labute approximate surface area is 180 Å². The monoisotopic (exact) mass is 419 g/mol. The van der Waals surface area contributed by atoms with Gasteiger partial charge in [0.05, 0.1) is 38.1 Å². The third-order valence-corrected chi connectivity index (χ3v) is 6.15. The first kappa shape index (κ1) is 19.4. The summed E-state index contributed by atoms with van der Waals surface area (Å²) in [4.78, 5) is 26.5. The number of carbonyl (C=O) groups is 1. The van der Waals surface area contributed by atoms with E-state index in [0.29, 0.717) is 19.5 Å². The fourth-order valence-electron chi connectivity index (χ4n) is 4.59. The second-order valence-corrected chi connectivity index (χ2v) is 7.87. The molecule has 0 bridgehead atoms. The fraction of sp³-hybridized carbons (Fsp3) is 0.348. The summed E-state index contributed by atoms with van der Waals surface area (Å²) in [6.45, 7) is 2.70. The van der Waals surface area contributed by atoms with Gasteiger partial charge in [-0.15, -0.1) is 0 Å². The first-order valence-corrected chi connectivity index (χ1v) is 10.5. The summed E-state index contributed by atoms with van der Waals surface area (Å²) in [6.07, 6.45) is 7.46. The van der Waals surface area contributed by atoms with E-state index in [2.05, 4.69) is 37.2 Å². The summed E-state index contributed by atoms with van der Waals surface area (Å²) in [5, 5.41) is 3.07. The molecule has 1 aromatic carbocycles. The van der Waals surface area contributed by atoms with E-state index >= 15 is 0 Å². The van der Waals surface area contributed by atoms with Gasteiger partial charge in [-0.2, -0.15) is 0 Å². The van der Waals surface area contributed by atoms with Crippen LogP contribution in [0.25, 0.3) is 0 Å². The molecule has 3 aromatic rings. The number of piperazine rings is 1. The highest BCUT2D eigenvalue weighted by molar-refractivity contribution is 5.82. The van der Waals surface area contributed by atoms with E-state index < -0.39 is 0 Å². The molecule has 0 saturated carbocycles. The minimum Gasteiger partial charge on any atom is -0.497 e. The van der Waals surface area contributed by atoms with Gasteiger partial charge in [0.1, 0.15) is 17.3 Å². The van der Waals surface area contributed by atoms with E-state index in [1.807, 2.05) is 18.2 Å². The summed E-state index contributed by atoms with van der Waals surface area (Å²) < 4.78 is 10.8. The van der Waals surface area contributed by atoms with Gasteiger partial charge in [0.2, 0.25) is 5.91 Å². The molecule has 4 heterocycles. The van der Waals surface area contributed by atoms with Crippen molar-refractivity contribution in [2.75, 3.05) is 36.5 Å². The van der Waals surface area contributed by atoms with E-state index in [0.717, 1.165) is 36.1 Å². The molecule has 8 nitrogen and oxygen atoms in total. The van der Waals surface area contributed by atoms with Crippen LogP contribution in [-0.4, -0.2) is 48.7 Å². The first-order chi connectivity index (χ1) is 15.2. The van der Waals surface area contributed by atoms with Gasteiger partial charge in [-0.1, -0.05) is 6.07 Å². The van der Waals surface area contributed by atoms with E-state index in [1.54, 1.807) is 32.0 Å². The SMILES string of the molecule is COc1ccc2c(c1)N1CCN(c3cnccn3)CC1C(C(=O)NCc1ccco1)C2. The number of nitrogens with zero attached hydrogens (tertiary/aromatic N) is 4. The van der Waals surface area contributed by atoms with Gasteiger partial charge in [-0.05, 0) is 30.2 Å². The average Bonchev–Trinajstić information content (AvgIpc) is 3.35. The van der Waals surface area contributed by atoms with Crippen molar-refractivity contribution < 1.29 is 13.9 Å². The summed E-state index contributed by atoms with van der Waals surface area (Å²) in [7, 11) is 1.68. The van der Waals surface area contributed by atoms with Gasteiger partial charge in [-0.3, -0.25) is 9.78 Å². The molecule has 2 atom stereocenters. The van der Waals surface area contributed by atoms with Gasteiger partial charge in [0, 0.05) is 43.8 Å². The molecule has 160 valence electrons. The van der Waals surface area contributed by atoms with Crippen molar-refractivity contribution in [3.05, 3.63) is 66.5 Å². The molecule has 1 saturated heterocycles. The number of methoxy groups -OCH3 is 1. The second-order valence-electron chi connectivity index (χ2n) is 7.87. The van der Waals surface area contributed by atoms with Crippen LogP contribution in [0.15, 0.2) is 59.6 Å². The summed E-state index contributed by atoms with van der Waals surface area (Å²) >= 11 is 0. The number of nitrogens with one attached hydrogen (secondary N) is 1. The molecule has 2 aliphatic heterocycles. The lowest BCUT2D eigenvalue weighted by molar-refractivity contribution is -0.126. The maximum Gasteiger partial charge on any atom is 0.225 e. The molecular weight excluding hydrogens is 394 g/mol. The molecule has 1 fully saturated rings. The Morgan fingerprint density at radius 2 is 2.23 bits per heavy atom. The summed E-state index contributed by atoms with van der Waals surface area (Å²) in [6, 6.07) is 9.83. The predicted molar refractivity (Wildman–Crippen MR) is 116 cm³/mol. The Hall–Kier alpha value is -3.55. The molecular formula is C23H25N5O3. The van der Waals surface area contributed by atoms with E-state index in [9.17, 15) is 4.79 Å². The zero-order chi connectivity index (χ0) is 21.2. The number of carbonyl (C=O) groups excluding carboxylic acids is 1. The molecule has 0 aliphatic carbocycles. The van der Waals surface area contributed by atoms with Gasteiger partial charge >= 0.3 is 0 Å². The minimum absolute atomic E-state index is 0.0203. The Bertz CT molecular complexity index is 1040. The van der Waals surface area contributed by atoms with E-state index in [4.69, 9.17) is 9.15 Å². The number of fused-ring (bicyclic) bond motifs is 3. The van der Waals surface area contributed by atoms with Gasteiger partial charge in [0.15, 0.2) is 0 Å². The lowest BCUT2D eigenvalue weighted by atomic mass is 9.83. The van der Waals surface area contributed by atoms with Crippen LogP contribution in [0, 0.1) is 5.92 Å². The molecule has 5 rings (SSSR count). The van der Waals surface area contributed by atoms with Crippen molar-refractivity contribution in [3.63, 3.8) is 0 Å². The van der Waals surface area contributed by atoms with Crippen molar-refractivity contribution in [1.82, 2.24) is 15.3 Å². The number of amides is 1. The van der Waals surface area contributed by atoms with E-state index in [1.165, 1.54) is 5.56 Å². The Morgan fingerprint density at radius 1 is 1.29 bits per heavy atom. The van der Waals surface area contributed by atoms with Crippen molar-refractivity contribution in [2.24, 2.45) is 5.92 Å². The number of aromatic nitrogens is 2. The molecule has 0 spiro atoms.